The van der Waals surface area contributed by atoms with Crippen LogP contribution in [-0.4, -0.2) is 26.5 Å². The number of fused-ring (bicyclic) bond motifs is 1. The quantitative estimate of drug-likeness (QED) is 0.113. The van der Waals surface area contributed by atoms with E-state index in [9.17, 15) is 19.5 Å². The molecule has 1 N–H and O–H groups in total. The van der Waals surface area contributed by atoms with Crippen LogP contribution in [-0.2, 0) is 30.7 Å². The summed E-state index contributed by atoms with van der Waals surface area (Å²) in [6, 6.07) is 36.7. The van der Waals surface area contributed by atoms with Crippen LogP contribution in [0.25, 0.3) is 10.9 Å². The summed E-state index contributed by atoms with van der Waals surface area (Å²) >= 11 is 6.36. The average molecular weight is 728 g/mol. The second-order valence-electron chi connectivity index (χ2n) is 13.0. The van der Waals surface area contributed by atoms with E-state index in [1.165, 1.54) is 0 Å². The topological polar surface area (TPSA) is 102 Å². The van der Waals surface area contributed by atoms with Crippen LogP contribution in [0.1, 0.15) is 77.7 Å². The van der Waals surface area contributed by atoms with Crippen LogP contribution in [0.2, 0.25) is 5.02 Å². The Labute approximate surface area is 314 Å². The van der Waals surface area contributed by atoms with Crippen LogP contribution in [0.15, 0.2) is 126 Å². The summed E-state index contributed by atoms with van der Waals surface area (Å²) in [6.07, 6.45) is 2.57. The molecule has 270 valence electrons. The van der Waals surface area contributed by atoms with Gasteiger partial charge in [0.15, 0.2) is 0 Å². The van der Waals surface area contributed by atoms with Gasteiger partial charge in [-0.25, -0.2) is 9.78 Å². The van der Waals surface area contributed by atoms with E-state index >= 15 is 0 Å². The molecule has 5 aromatic carbocycles. The molecular formula is C44H42ClN3O5. The number of hydrogen-bond donors (Lipinski definition) is 1. The minimum Gasteiger partial charge on any atom is -0.478 e. The molecular weight excluding hydrogens is 686 g/mol. The fourth-order valence-corrected chi connectivity index (χ4v) is 6.68. The number of amides is 1. The third-order valence-corrected chi connectivity index (χ3v) is 9.52. The predicted octanol–water partition coefficient (Wildman–Crippen LogP) is 9.45. The summed E-state index contributed by atoms with van der Waals surface area (Å²) in [5, 5.41) is 10.8. The number of carboxylic acid groups (broad SMARTS) is 1. The number of halogens is 1. The van der Waals surface area contributed by atoms with Gasteiger partial charge in [-0.05, 0) is 72.0 Å². The van der Waals surface area contributed by atoms with Crippen molar-refractivity contribution >= 4 is 40.1 Å². The second-order valence-corrected chi connectivity index (χ2v) is 13.4. The first-order chi connectivity index (χ1) is 25.8. The number of benzene rings is 5. The highest BCUT2D eigenvalue weighted by Crippen LogP contribution is 2.32. The maximum absolute atomic E-state index is 14.5. The number of carbonyl (C=O) groups is 2. The van der Waals surface area contributed by atoms with E-state index in [1.807, 2.05) is 79.7 Å². The Balaban J connectivity index is 1.39. The van der Waals surface area contributed by atoms with E-state index in [-0.39, 0.29) is 18.0 Å². The summed E-state index contributed by atoms with van der Waals surface area (Å²) in [6.45, 7) is 4.72. The molecule has 1 aromatic heterocycles. The maximum Gasteiger partial charge on any atom is 0.349 e. The van der Waals surface area contributed by atoms with Gasteiger partial charge in [-0.15, -0.1) is 0 Å². The molecule has 0 spiro atoms. The minimum atomic E-state index is -1.29. The Morgan fingerprint density at radius 3 is 2.25 bits per heavy atom. The number of rotatable bonds is 15. The summed E-state index contributed by atoms with van der Waals surface area (Å²) in [5.41, 5.74) is 4.53. The normalized spacial score (nSPS) is 11.7. The number of aromatic nitrogens is 2. The molecule has 1 atom stereocenters. The highest BCUT2D eigenvalue weighted by molar-refractivity contribution is 6.31. The van der Waals surface area contributed by atoms with Crippen molar-refractivity contribution in [1.82, 2.24) is 9.55 Å². The van der Waals surface area contributed by atoms with E-state index in [1.54, 1.807) is 58.0 Å². The van der Waals surface area contributed by atoms with Crippen molar-refractivity contribution in [2.75, 3.05) is 4.90 Å². The van der Waals surface area contributed by atoms with Gasteiger partial charge in [0.25, 0.3) is 11.5 Å². The molecule has 0 fully saturated rings. The average Bonchev–Trinajstić information content (AvgIpc) is 3.18. The lowest BCUT2D eigenvalue weighted by atomic mass is 10.0. The first kappa shape index (κ1) is 37.0. The van der Waals surface area contributed by atoms with Crippen molar-refractivity contribution in [2.45, 2.75) is 65.1 Å². The Morgan fingerprint density at radius 2 is 1.55 bits per heavy atom. The highest BCUT2D eigenvalue weighted by atomic mass is 35.5. The number of aryl methyl sites for hydroxylation is 2. The van der Waals surface area contributed by atoms with Gasteiger partial charge in [-0.3, -0.25) is 14.2 Å². The number of aliphatic carboxylic acids is 1. The van der Waals surface area contributed by atoms with Crippen LogP contribution >= 0.6 is 11.6 Å². The molecule has 0 radical (unpaired) electrons. The smallest absolute Gasteiger partial charge is 0.349 e. The number of carbonyl (C=O) groups excluding carboxylic acids is 1. The number of anilines is 1. The zero-order valence-corrected chi connectivity index (χ0v) is 30.6. The van der Waals surface area contributed by atoms with Gasteiger partial charge in [0, 0.05) is 28.3 Å². The van der Waals surface area contributed by atoms with Gasteiger partial charge >= 0.3 is 5.97 Å². The van der Waals surface area contributed by atoms with E-state index < -0.39 is 12.1 Å². The van der Waals surface area contributed by atoms with Gasteiger partial charge in [0.05, 0.1) is 24.0 Å². The van der Waals surface area contributed by atoms with Gasteiger partial charge < -0.3 is 14.7 Å². The first-order valence-corrected chi connectivity index (χ1v) is 18.3. The molecule has 6 aromatic rings. The molecule has 0 aliphatic heterocycles. The number of unbranched alkanes of at least 4 members (excludes halogenated alkanes) is 1. The zero-order chi connectivity index (χ0) is 37.3. The van der Waals surface area contributed by atoms with Gasteiger partial charge in [-0.1, -0.05) is 117 Å². The molecule has 0 saturated heterocycles. The molecule has 1 heterocycles. The molecule has 9 heteroatoms. The number of hydrogen-bond acceptors (Lipinski definition) is 5. The first-order valence-electron chi connectivity index (χ1n) is 18.0. The molecule has 53 heavy (non-hydrogen) atoms. The fraction of sp³-hybridized carbons (Fsp3) is 0.227. The molecule has 0 bridgehead atoms. The van der Waals surface area contributed by atoms with Crippen LogP contribution in [0.4, 0.5) is 5.69 Å². The molecule has 0 saturated carbocycles. The van der Waals surface area contributed by atoms with Crippen LogP contribution in [0.5, 0.6) is 5.75 Å². The van der Waals surface area contributed by atoms with Crippen molar-refractivity contribution in [3.05, 3.63) is 170 Å². The predicted molar refractivity (Wildman–Crippen MR) is 210 cm³/mol. The largest absolute Gasteiger partial charge is 0.478 e. The molecule has 1 amide bonds. The molecule has 6 rings (SSSR count). The molecule has 1 unspecified atom stereocenters. The molecule has 0 aliphatic rings. The fourth-order valence-electron chi connectivity index (χ4n) is 6.45. The summed E-state index contributed by atoms with van der Waals surface area (Å²) in [7, 11) is 0. The van der Waals surface area contributed by atoms with Crippen molar-refractivity contribution in [3.63, 3.8) is 0 Å². The third-order valence-electron chi connectivity index (χ3n) is 9.17. The summed E-state index contributed by atoms with van der Waals surface area (Å²) < 4.78 is 7.84. The molecule has 0 aliphatic carbocycles. The Kier molecular flexibility index (Phi) is 12.0. The van der Waals surface area contributed by atoms with Crippen LogP contribution < -0.4 is 15.2 Å². The number of carboxylic acids is 1. The van der Waals surface area contributed by atoms with E-state index in [4.69, 9.17) is 21.3 Å². The van der Waals surface area contributed by atoms with E-state index in [0.29, 0.717) is 63.7 Å². The Bertz CT molecular complexity index is 2270. The SMILES string of the molecule is CCCCc1nc2ccc(N(Cc3ccccc3)C(=O)c3ccccc3)cc2c(=O)n1Cc1ccc(OC(C(=O)O)c2ccccc2Cl)c(CCC)c1. The Hall–Kier alpha value is -5.73. The number of ether oxygens (including phenoxy) is 1. The standard InChI is InChI=1S/C44H42ClN3O5/c1-3-5-21-40-46-38-24-23-34(47(28-30-15-8-6-9-16-30)42(49)32-17-10-7-11-18-32)27-36(38)43(50)48(40)29-31-22-25-39(33(26-31)14-4-2)53-41(44(51)52)35-19-12-13-20-37(35)45/h6-13,15-20,22-27,41H,3-5,14,21,28-29H2,1-2H3,(H,51,52). The number of nitrogens with zero attached hydrogens (tertiary/aromatic N) is 3. The van der Waals surface area contributed by atoms with Gasteiger partial charge in [0.1, 0.15) is 11.6 Å². The van der Waals surface area contributed by atoms with Crippen molar-refractivity contribution in [3.8, 4) is 5.75 Å². The van der Waals surface area contributed by atoms with Crippen LogP contribution in [0, 0.1) is 0 Å². The van der Waals surface area contributed by atoms with Crippen molar-refractivity contribution in [1.29, 1.82) is 0 Å². The summed E-state index contributed by atoms with van der Waals surface area (Å²) in [4.78, 5) is 47.4. The van der Waals surface area contributed by atoms with Crippen molar-refractivity contribution in [2.24, 2.45) is 0 Å². The second kappa shape index (κ2) is 17.2. The Morgan fingerprint density at radius 1 is 0.830 bits per heavy atom. The van der Waals surface area contributed by atoms with E-state index in [2.05, 4.69) is 6.92 Å². The monoisotopic (exact) mass is 727 g/mol. The minimum absolute atomic E-state index is 0.174. The maximum atomic E-state index is 14.5. The van der Waals surface area contributed by atoms with Crippen LogP contribution in [0.3, 0.4) is 0 Å². The van der Waals surface area contributed by atoms with Crippen molar-refractivity contribution < 1.29 is 19.4 Å². The highest BCUT2D eigenvalue weighted by Gasteiger charge is 2.26. The third kappa shape index (κ3) is 8.67. The van der Waals surface area contributed by atoms with Gasteiger partial charge in [0.2, 0.25) is 6.10 Å². The zero-order valence-electron chi connectivity index (χ0n) is 29.9. The lowest BCUT2D eigenvalue weighted by Crippen LogP contribution is -2.31. The van der Waals surface area contributed by atoms with E-state index in [0.717, 1.165) is 36.0 Å². The lowest BCUT2D eigenvalue weighted by Gasteiger charge is -2.24. The molecule has 8 nitrogen and oxygen atoms in total. The lowest BCUT2D eigenvalue weighted by molar-refractivity contribution is -0.145. The summed E-state index contributed by atoms with van der Waals surface area (Å²) in [5.74, 6) is -0.191. The van der Waals surface area contributed by atoms with Gasteiger partial charge in [-0.2, -0.15) is 0 Å².